The fraction of sp³-hybridized carbons (Fsp3) is 0.268. The molecule has 0 radical (unpaired) electrons. The van der Waals surface area contributed by atoms with Gasteiger partial charge in [0.15, 0.2) is 0 Å². The molecule has 5 aromatic heterocycles. The molecular formula is C41H39N9O3. The highest BCUT2D eigenvalue weighted by Gasteiger charge is 2.33. The highest BCUT2D eigenvalue weighted by atomic mass is 16.5. The molecule has 0 N–H and O–H groups in total. The molecule has 0 unspecified atom stereocenters. The van der Waals surface area contributed by atoms with E-state index in [1.807, 2.05) is 77.6 Å². The number of fused-ring (bicyclic) bond motifs is 3. The second kappa shape index (κ2) is 15.2. The third-order valence-corrected chi connectivity index (χ3v) is 9.87. The molecule has 0 spiro atoms. The van der Waals surface area contributed by atoms with Gasteiger partial charge >= 0.3 is 0 Å². The second-order valence-corrected chi connectivity index (χ2v) is 13.3. The Balaban J connectivity index is 0.000000152. The molecule has 0 atom stereocenters. The number of morpholine rings is 1. The van der Waals surface area contributed by atoms with E-state index in [0.29, 0.717) is 51.5 Å². The van der Waals surface area contributed by atoms with Crippen LogP contribution >= 0.6 is 0 Å². The van der Waals surface area contributed by atoms with Gasteiger partial charge < -0.3 is 19.4 Å². The predicted molar refractivity (Wildman–Crippen MR) is 200 cm³/mol. The molecule has 8 heterocycles. The van der Waals surface area contributed by atoms with E-state index in [-0.39, 0.29) is 11.8 Å². The lowest BCUT2D eigenvalue weighted by atomic mass is 10.0. The minimum Gasteiger partial charge on any atom is -0.378 e. The Bertz CT molecular complexity index is 2260. The van der Waals surface area contributed by atoms with Gasteiger partial charge in [-0.1, -0.05) is 30.3 Å². The zero-order valence-electron chi connectivity index (χ0n) is 29.6. The number of hydrogen-bond acceptors (Lipinski definition) is 10. The van der Waals surface area contributed by atoms with Gasteiger partial charge in [0, 0.05) is 104 Å². The monoisotopic (exact) mass is 705 g/mol. The van der Waals surface area contributed by atoms with E-state index >= 15 is 0 Å². The highest BCUT2D eigenvalue weighted by molar-refractivity contribution is 6.03. The summed E-state index contributed by atoms with van der Waals surface area (Å²) in [4.78, 5) is 57.8. The number of nitrogens with zero attached hydrogens (tertiary/aromatic N) is 9. The van der Waals surface area contributed by atoms with E-state index in [9.17, 15) is 9.59 Å². The minimum absolute atomic E-state index is 0.0329. The molecule has 0 saturated carbocycles. The molecule has 1 saturated heterocycles. The van der Waals surface area contributed by atoms with Crippen molar-refractivity contribution < 1.29 is 14.3 Å². The molecule has 1 aromatic carbocycles. The molecule has 6 aromatic rings. The van der Waals surface area contributed by atoms with Gasteiger partial charge in [0.25, 0.3) is 11.8 Å². The van der Waals surface area contributed by atoms with Crippen LogP contribution in [0.3, 0.4) is 0 Å². The van der Waals surface area contributed by atoms with Crippen molar-refractivity contribution in [3.8, 4) is 11.1 Å². The molecular weight excluding hydrogens is 667 g/mol. The fourth-order valence-corrected chi connectivity index (χ4v) is 7.04. The predicted octanol–water partition coefficient (Wildman–Crippen LogP) is 5.11. The Hall–Kier alpha value is -6.14. The molecule has 3 aliphatic rings. The van der Waals surface area contributed by atoms with Crippen LogP contribution in [0.25, 0.3) is 22.0 Å². The normalized spacial score (nSPS) is 15.0. The van der Waals surface area contributed by atoms with Crippen LogP contribution in [0.1, 0.15) is 49.1 Å². The number of ether oxygens (including phenoxy) is 1. The van der Waals surface area contributed by atoms with E-state index in [2.05, 4.69) is 42.0 Å². The van der Waals surface area contributed by atoms with Crippen molar-refractivity contribution in [1.29, 1.82) is 0 Å². The smallest absolute Gasteiger partial charge is 0.273 e. The first-order valence-electron chi connectivity index (χ1n) is 17.9. The second-order valence-electron chi connectivity index (χ2n) is 13.3. The highest BCUT2D eigenvalue weighted by Crippen LogP contribution is 2.32. The maximum atomic E-state index is 12.9. The molecule has 0 bridgehead atoms. The number of para-hydroxylation sites is 1. The third-order valence-electron chi connectivity index (χ3n) is 9.87. The zero-order chi connectivity index (χ0) is 36.1. The average molecular weight is 706 g/mol. The Kier molecular flexibility index (Phi) is 9.76. The summed E-state index contributed by atoms with van der Waals surface area (Å²) in [6, 6.07) is 20.1. The summed E-state index contributed by atoms with van der Waals surface area (Å²) in [5, 5.41) is 1.12. The van der Waals surface area contributed by atoms with Crippen LogP contribution in [-0.4, -0.2) is 90.9 Å². The van der Waals surface area contributed by atoms with Crippen molar-refractivity contribution in [2.24, 2.45) is 0 Å². The van der Waals surface area contributed by atoms with E-state index in [1.165, 1.54) is 6.33 Å². The first-order chi connectivity index (χ1) is 26.0. The number of aromatic nitrogens is 6. The standard InChI is InChI=1S/C22H17N5O.C19H22N4O2/c28-22-21-19(18(7-9-25-21)16-11-23-14-24-12-16)13-27(22)10-8-17-6-5-15-3-1-2-4-20(15)26-17;1-14-2-3-15(21-12-14)5-7-23-13-16-18(19(23)24)17(4-6-20-16)22-8-10-25-11-9-22/h1-7,9,11-12,14H,8,10,13H2;2-4,6,12H,5,7-11,13H2,1H3. The first-order valence-corrected chi connectivity index (χ1v) is 17.9. The summed E-state index contributed by atoms with van der Waals surface area (Å²) in [6.07, 6.45) is 11.8. The topological polar surface area (TPSA) is 130 Å². The number of hydrogen-bond donors (Lipinski definition) is 0. The summed E-state index contributed by atoms with van der Waals surface area (Å²) >= 11 is 0. The molecule has 2 amide bonds. The van der Waals surface area contributed by atoms with Gasteiger partial charge in [0.05, 0.1) is 42.2 Å². The van der Waals surface area contributed by atoms with Crippen LogP contribution in [0.2, 0.25) is 0 Å². The SMILES string of the molecule is Cc1ccc(CCN2Cc3nccc(N4CCOCC4)c3C2=O)nc1.O=C1c2nccc(-c3cncnc3)c2CN1CCc1ccc2ccccc2n1. The first kappa shape index (κ1) is 34.0. The van der Waals surface area contributed by atoms with Crippen molar-refractivity contribution >= 4 is 28.4 Å². The van der Waals surface area contributed by atoms with E-state index in [4.69, 9.17) is 9.72 Å². The number of rotatable bonds is 8. The van der Waals surface area contributed by atoms with Crippen molar-refractivity contribution in [1.82, 2.24) is 39.7 Å². The van der Waals surface area contributed by atoms with Gasteiger partial charge in [-0.15, -0.1) is 0 Å². The van der Waals surface area contributed by atoms with Crippen LogP contribution in [0.15, 0.2) is 98.0 Å². The molecule has 266 valence electrons. The van der Waals surface area contributed by atoms with Gasteiger partial charge in [-0.25, -0.2) is 9.97 Å². The van der Waals surface area contributed by atoms with Crippen molar-refractivity contribution in [3.05, 3.63) is 137 Å². The molecule has 53 heavy (non-hydrogen) atoms. The van der Waals surface area contributed by atoms with Crippen molar-refractivity contribution in [3.63, 3.8) is 0 Å². The summed E-state index contributed by atoms with van der Waals surface area (Å²) in [5.74, 6) is 0.0474. The molecule has 1 fully saturated rings. The van der Waals surface area contributed by atoms with E-state index in [1.54, 1.807) is 18.6 Å². The Morgan fingerprint density at radius 3 is 2.30 bits per heavy atom. The summed E-state index contributed by atoms with van der Waals surface area (Å²) < 4.78 is 5.42. The van der Waals surface area contributed by atoms with Crippen LogP contribution in [0.5, 0.6) is 0 Å². The Morgan fingerprint density at radius 1 is 0.736 bits per heavy atom. The van der Waals surface area contributed by atoms with Gasteiger partial charge in [0.1, 0.15) is 12.0 Å². The Morgan fingerprint density at radius 2 is 1.49 bits per heavy atom. The lowest BCUT2D eigenvalue weighted by Crippen LogP contribution is -2.37. The molecule has 12 nitrogen and oxygen atoms in total. The number of carbonyl (C=O) groups excluding carboxylic acids is 2. The number of aryl methyl sites for hydroxylation is 1. The summed E-state index contributed by atoms with van der Waals surface area (Å²) in [6.45, 7) is 7.45. The maximum Gasteiger partial charge on any atom is 0.273 e. The van der Waals surface area contributed by atoms with Gasteiger partial charge in [0.2, 0.25) is 0 Å². The van der Waals surface area contributed by atoms with Crippen LogP contribution in [0.4, 0.5) is 5.69 Å². The number of pyridine rings is 4. The van der Waals surface area contributed by atoms with Crippen LogP contribution in [-0.2, 0) is 30.7 Å². The summed E-state index contributed by atoms with van der Waals surface area (Å²) in [5.41, 5.74) is 10.1. The quantitative estimate of drug-likeness (QED) is 0.211. The van der Waals surface area contributed by atoms with E-state index in [0.717, 1.165) is 81.0 Å². The van der Waals surface area contributed by atoms with Gasteiger partial charge in [-0.2, -0.15) is 0 Å². The lowest BCUT2D eigenvalue weighted by molar-refractivity contribution is 0.0770. The number of carbonyl (C=O) groups is 2. The molecule has 12 heteroatoms. The summed E-state index contributed by atoms with van der Waals surface area (Å²) in [7, 11) is 0. The van der Waals surface area contributed by atoms with Gasteiger partial charge in [-0.05, 0) is 48.4 Å². The lowest BCUT2D eigenvalue weighted by Gasteiger charge is -2.30. The Labute approximate surface area is 307 Å². The van der Waals surface area contributed by atoms with E-state index < -0.39 is 0 Å². The van der Waals surface area contributed by atoms with Crippen molar-refractivity contribution in [2.45, 2.75) is 32.9 Å². The minimum atomic E-state index is -0.0329. The zero-order valence-corrected chi connectivity index (χ0v) is 29.6. The molecule has 3 aliphatic heterocycles. The average Bonchev–Trinajstić information content (AvgIpc) is 3.72. The largest absolute Gasteiger partial charge is 0.378 e. The molecule has 0 aliphatic carbocycles. The fourth-order valence-electron chi connectivity index (χ4n) is 7.04. The van der Waals surface area contributed by atoms with Gasteiger partial charge in [-0.3, -0.25) is 29.5 Å². The van der Waals surface area contributed by atoms with Crippen molar-refractivity contribution in [2.75, 3.05) is 44.3 Å². The van der Waals surface area contributed by atoms with Crippen LogP contribution < -0.4 is 4.90 Å². The molecule has 9 rings (SSSR count). The number of amides is 2. The number of benzene rings is 1. The van der Waals surface area contributed by atoms with Crippen LogP contribution in [0, 0.1) is 6.92 Å². The maximum absolute atomic E-state index is 12.9. The third kappa shape index (κ3) is 7.31. The number of anilines is 1.